The van der Waals surface area contributed by atoms with Crippen LogP contribution in [0, 0.1) is 5.41 Å². The van der Waals surface area contributed by atoms with Gasteiger partial charge in [-0.1, -0.05) is 33.6 Å². The molecule has 0 aromatic heterocycles. The summed E-state index contributed by atoms with van der Waals surface area (Å²) in [6, 6.07) is 0. The first-order valence-electron chi connectivity index (χ1n) is 6.39. The van der Waals surface area contributed by atoms with Gasteiger partial charge in [0.1, 0.15) is 0 Å². The maximum atomic E-state index is 11.7. The molecule has 0 aliphatic heterocycles. The Morgan fingerprint density at radius 3 is 2.28 bits per heavy atom. The molecule has 104 valence electrons. The zero-order valence-corrected chi connectivity index (χ0v) is 12.2. The van der Waals surface area contributed by atoms with Crippen LogP contribution in [0.1, 0.15) is 46.5 Å². The van der Waals surface area contributed by atoms with Crippen LogP contribution in [-0.4, -0.2) is 34.0 Å². The Morgan fingerprint density at radius 1 is 1.28 bits per heavy atom. The lowest BCUT2D eigenvalue weighted by atomic mass is 9.86. The highest BCUT2D eigenvalue weighted by Crippen LogP contribution is 2.37. The SMILES string of the molecule is CC(C)(C)SCC(=O)NCC1(C(=O)O)CCCC1. The summed E-state index contributed by atoms with van der Waals surface area (Å²) in [6.45, 7) is 6.44. The molecule has 1 aliphatic rings. The van der Waals surface area contributed by atoms with Crippen molar-refractivity contribution < 1.29 is 14.7 Å². The molecule has 5 heteroatoms. The van der Waals surface area contributed by atoms with Gasteiger partial charge in [0.05, 0.1) is 11.2 Å². The topological polar surface area (TPSA) is 66.4 Å². The van der Waals surface area contributed by atoms with Crippen molar-refractivity contribution in [2.45, 2.75) is 51.2 Å². The van der Waals surface area contributed by atoms with E-state index < -0.39 is 11.4 Å². The molecule has 0 bridgehead atoms. The van der Waals surface area contributed by atoms with Crippen molar-refractivity contribution in [1.29, 1.82) is 0 Å². The molecule has 0 unspecified atom stereocenters. The smallest absolute Gasteiger partial charge is 0.311 e. The third kappa shape index (κ3) is 4.52. The molecule has 1 fully saturated rings. The highest BCUT2D eigenvalue weighted by Gasteiger charge is 2.41. The van der Waals surface area contributed by atoms with E-state index in [0.29, 0.717) is 18.6 Å². The molecule has 0 radical (unpaired) electrons. The van der Waals surface area contributed by atoms with Crippen LogP contribution in [0.5, 0.6) is 0 Å². The monoisotopic (exact) mass is 273 g/mol. The molecule has 0 aromatic carbocycles. The number of thioether (sulfide) groups is 1. The fraction of sp³-hybridized carbons (Fsp3) is 0.846. The Balaban J connectivity index is 2.39. The maximum absolute atomic E-state index is 11.7. The summed E-state index contributed by atoms with van der Waals surface area (Å²) in [6.07, 6.45) is 3.24. The average Bonchev–Trinajstić information content (AvgIpc) is 2.72. The molecular weight excluding hydrogens is 250 g/mol. The highest BCUT2D eigenvalue weighted by molar-refractivity contribution is 8.01. The van der Waals surface area contributed by atoms with E-state index in [2.05, 4.69) is 26.1 Å². The molecule has 18 heavy (non-hydrogen) atoms. The fourth-order valence-electron chi connectivity index (χ4n) is 2.12. The van der Waals surface area contributed by atoms with Gasteiger partial charge in [0, 0.05) is 11.3 Å². The summed E-state index contributed by atoms with van der Waals surface area (Å²) in [4.78, 5) is 23.0. The molecule has 2 N–H and O–H groups in total. The van der Waals surface area contributed by atoms with E-state index in [1.165, 1.54) is 0 Å². The van der Waals surface area contributed by atoms with Gasteiger partial charge in [-0.05, 0) is 12.8 Å². The third-order valence-electron chi connectivity index (χ3n) is 3.27. The normalized spacial score (nSPS) is 18.6. The first-order valence-corrected chi connectivity index (χ1v) is 7.38. The molecule has 0 atom stereocenters. The van der Waals surface area contributed by atoms with Crippen molar-refractivity contribution in [3.63, 3.8) is 0 Å². The predicted octanol–water partition coefficient (Wildman–Crippen LogP) is 2.28. The maximum Gasteiger partial charge on any atom is 0.311 e. The molecule has 1 rings (SSSR count). The summed E-state index contributed by atoms with van der Waals surface area (Å²) in [5, 5.41) is 12.1. The molecule has 0 spiro atoms. The van der Waals surface area contributed by atoms with Gasteiger partial charge in [-0.2, -0.15) is 0 Å². The molecule has 0 aromatic rings. The van der Waals surface area contributed by atoms with E-state index in [1.54, 1.807) is 11.8 Å². The number of amides is 1. The van der Waals surface area contributed by atoms with E-state index in [4.69, 9.17) is 0 Å². The fourth-order valence-corrected chi connectivity index (χ4v) is 2.79. The minimum absolute atomic E-state index is 0.0508. The Kier molecular flexibility index (Phi) is 5.08. The molecule has 1 amide bonds. The zero-order chi connectivity index (χ0) is 13.8. The van der Waals surface area contributed by atoms with Gasteiger partial charge in [-0.25, -0.2) is 0 Å². The van der Waals surface area contributed by atoms with Crippen LogP contribution in [0.3, 0.4) is 0 Å². The van der Waals surface area contributed by atoms with Crippen molar-refractivity contribution in [2.75, 3.05) is 12.3 Å². The van der Waals surface area contributed by atoms with Crippen LogP contribution in [0.25, 0.3) is 0 Å². The van der Waals surface area contributed by atoms with Gasteiger partial charge in [0.2, 0.25) is 5.91 Å². The number of rotatable bonds is 5. The summed E-state index contributed by atoms with van der Waals surface area (Å²) < 4.78 is 0.0508. The van der Waals surface area contributed by atoms with Crippen LogP contribution < -0.4 is 5.32 Å². The minimum atomic E-state index is -0.774. The highest BCUT2D eigenvalue weighted by atomic mass is 32.2. The van der Waals surface area contributed by atoms with Crippen LogP contribution in [-0.2, 0) is 9.59 Å². The third-order valence-corrected chi connectivity index (χ3v) is 4.55. The van der Waals surface area contributed by atoms with E-state index in [0.717, 1.165) is 12.8 Å². The van der Waals surface area contributed by atoms with Gasteiger partial charge < -0.3 is 10.4 Å². The molecule has 0 heterocycles. The first-order chi connectivity index (χ1) is 8.25. The Bertz CT molecular complexity index is 317. The van der Waals surface area contributed by atoms with Crippen molar-refractivity contribution in [1.82, 2.24) is 5.32 Å². The van der Waals surface area contributed by atoms with Gasteiger partial charge in [-0.3, -0.25) is 9.59 Å². The Labute approximate surface area is 113 Å². The van der Waals surface area contributed by atoms with Crippen LogP contribution in [0.4, 0.5) is 0 Å². The summed E-state index contributed by atoms with van der Waals surface area (Å²) in [5.41, 5.74) is -0.720. The van der Waals surface area contributed by atoms with Gasteiger partial charge in [0.25, 0.3) is 0 Å². The van der Waals surface area contributed by atoms with Gasteiger partial charge in [-0.15, -0.1) is 11.8 Å². The van der Waals surface area contributed by atoms with Crippen molar-refractivity contribution in [3.8, 4) is 0 Å². The Hall–Kier alpha value is -0.710. The number of carboxylic acid groups (broad SMARTS) is 1. The second kappa shape index (κ2) is 5.95. The summed E-state index contributed by atoms with van der Waals surface area (Å²) in [7, 11) is 0. The lowest BCUT2D eigenvalue weighted by Gasteiger charge is -2.24. The summed E-state index contributed by atoms with van der Waals surface area (Å²) in [5.74, 6) is -0.453. The van der Waals surface area contributed by atoms with Crippen molar-refractivity contribution in [2.24, 2.45) is 5.41 Å². The van der Waals surface area contributed by atoms with Gasteiger partial charge in [0.15, 0.2) is 0 Å². The van der Waals surface area contributed by atoms with Crippen LogP contribution in [0.15, 0.2) is 0 Å². The molecule has 0 saturated heterocycles. The van der Waals surface area contributed by atoms with E-state index >= 15 is 0 Å². The number of carboxylic acids is 1. The molecule has 1 aliphatic carbocycles. The lowest BCUT2D eigenvalue weighted by Crippen LogP contribution is -2.42. The van der Waals surface area contributed by atoms with Crippen molar-refractivity contribution in [3.05, 3.63) is 0 Å². The number of aliphatic carboxylic acids is 1. The summed E-state index contributed by atoms with van der Waals surface area (Å²) >= 11 is 1.57. The second-order valence-electron chi connectivity index (χ2n) is 5.97. The molecule has 4 nitrogen and oxygen atoms in total. The predicted molar refractivity (Wildman–Crippen MR) is 73.8 cm³/mol. The number of carbonyl (C=O) groups is 2. The number of hydrogen-bond donors (Lipinski definition) is 2. The van der Waals surface area contributed by atoms with Crippen molar-refractivity contribution >= 4 is 23.6 Å². The average molecular weight is 273 g/mol. The Morgan fingerprint density at radius 2 is 1.83 bits per heavy atom. The zero-order valence-electron chi connectivity index (χ0n) is 11.4. The van der Waals surface area contributed by atoms with E-state index in [1.807, 2.05) is 0 Å². The van der Waals surface area contributed by atoms with Gasteiger partial charge >= 0.3 is 5.97 Å². The quantitative estimate of drug-likeness (QED) is 0.806. The lowest BCUT2D eigenvalue weighted by molar-refractivity contribution is -0.148. The number of hydrogen-bond acceptors (Lipinski definition) is 3. The standard InChI is InChI=1S/C13H23NO3S/c1-12(2,3)18-8-10(15)14-9-13(11(16)17)6-4-5-7-13/h4-9H2,1-3H3,(H,14,15)(H,16,17). The van der Waals surface area contributed by atoms with Crippen LogP contribution >= 0.6 is 11.8 Å². The minimum Gasteiger partial charge on any atom is -0.481 e. The molecular formula is C13H23NO3S. The first kappa shape index (κ1) is 15.3. The molecule has 1 saturated carbocycles. The van der Waals surface area contributed by atoms with E-state index in [-0.39, 0.29) is 17.2 Å². The number of carbonyl (C=O) groups excluding carboxylic acids is 1. The largest absolute Gasteiger partial charge is 0.481 e. The second-order valence-corrected chi connectivity index (χ2v) is 7.77. The van der Waals surface area contributed by atoms with E-state index in [9.17, 15) is 14.7 Å². The number of nitrogens with one attached hydrogen (secondary N) is 1. The van der Waals surface area contributed by atoms with Crippen LogP contribution in [0.2, 0.25) is 0 Å².